The second-order valence-electron chi connectivity index (χ2n) is 8.04. The molecule has 2 fully saturated rings. The maximum atomic E-state index is 12.6. The predicted octanol–water partition coefficient (Wildman–Crippen LogP) is 4.71. The van der Waals surface area contributed by atoms with Crippen LogP contribution in [0.5, 0.6) is 0 Å². The van der Waals surface area contributed by atoms with Gasteiger partial charge in [-0.3, -0.25) is 4.79 Å². The Balaban J connectivity index is 1.66. The lowest BCUT2D eigenvalue weighted by molar-refractivity contribution is -0.150. The van der Waals surface area contributed by atoms with Crippen molar-refractivity contribution in [2.24, 2.45) is 11.3 Å². The monoisotopic (exact) mass is 333 g/mol. The molecule has 3 nitrogen and oxygen atoms in total. The van der Waals surface area contributed by atoms with Gasteiger partial charge < -0.3 is 9.64 Å². The molecule has 0 aromatic carbocycles. The Morgan fingerprint density at radius 1 is 1.12 bits per heavy atom. The molecule has 3 atom stereocenters. The van der Waals surface area contributed by atoms with Crippen molar-refractivity contribution in [1.82, 2.24) is 4.90 Å². The molecule has 0 aromatic heterocycles. The summed E-state index contributed by atoms with van der Waals surface area (Å²) in [6.45, 7) is 4.73. The third-order valence-corrected chi connectivity index (χ3v) is 6.44. The van der Waals surface area contributed by atoms with Gasteiger partial charge >= 0.3 is 5.97 Å². The molecule has 0 N–H and O–H groups in total. The van der Waals surface area contributed by atoms with Gasteiger partial charge in [0.05, 0.1) is 12.0 Å². The molecule has 0 aromatic rings. The summed E-state index contributed by atoms with van der Waals surface area (Å²) in [7, 11) is 0. The highest BCUT2D eigenvalue weighted by Gasteiger charge is 2.59. The van der Waals surface area contributed by atoms with Gasteiger partial charge in [0.25, 0.3) is 0 Å². The van der Waals surface area contributed by atoms with Crippen LogP contribution < -0.4 is 0 Å². The fraction of sp³-hybridized carbons (Fsp3) is 0.857. The number of carbonyl (C=O) groups is 1. The number of fused-ring (bicyclic) bond motifs is 2. The zero-order valence-corrected chi connectivity index (χ0v) is 15.5. The fourth-order valence-electron chi connectivity index (χ4n) is 4.78. The van der Waals surface area contributed by atoms with E-state index in [-0.39, 0.29) is 11.4 Å². The molecule has 0 bridgehead atoms. The van der Waals surface area contributed by atoms with Crippen LogP contribution in [0, 0.1) is 11.3 Å². The van der Waals surface area contributed by atoms with E-state index in [2.05, 4.69) is 17.1 Å². The number of rotatable bonds is 2. The summed E-state index contributed by atoms with van der Waals surface area (Å²) >= 11 is 0. The van der Waals surface area contributed by atoms with Crippen LogP contribution in [0.15, 0.2) is 12.2 Å². The summed E-state index contributed by atoms with van der Waals surface area (Å²) in [5, 5.41) is 0. The summed E-state index contributed by atoms with van der Waals surface area (Å²) in [5.41, 5.74) is -0.209. The molecule has 0 amide bonds. The molecule has 136 valence electrons. The molecule has 3 heteroatoms. The molecule has 3 unspecified atom stereocenters. The van der Waals surface area contributed by atoms with Crippen molar-refractivity contribution in [3.63, 3.8) is 0 Å². The van der Waals surface area contributed by atoms with Gasteiger partial charge in [-0.2, -0.15) is 0 Å². The van der Waals surface area contributed by atoms with Crippen LogP contribution in [0.3, 0.4) is 0 Å². The highest BCUT2D eigenvalue weighted by Crippen LogP contribution is 2.57. The smallest absolute Gasteiger partial charge is 0.312 e. The molecule has 3 rings (SSSR count). The standard InChI is InChI=1S/C21H35NO2/c1-2-24-20(23)21-14-16-22-15-10-13-19(22)12-9-7-5-3-4-6-8-11-18(21)17-21/h8,11,18-19H,2-7,9-10,12-17H2,1H3/b11-8-. The number of allylic oxidation sites excluding steroid dienone is 2. The topological polar surface area (TPSA) is 29.5 Å². The largest absolute Gasteiger partial charge is 0.466 e. The van der Waals surface area contributed by atoms with Crippen LogP contribution in [0.25, 0.3) is 0 Å². The highest BCUT2D eigenvalue weighted by atomic mass is 16.5. The maximum Gasteiger partial charge on any atom is 0.312 e. The van der Waals surface area contributed by atoms with E-state index in [1.807, 2.05) is 6.92 Å². The zero-order valence-electron chi connectivity index (χ0n) is 15.5. The van der Waals surface area contributed by atoms with Crippen molar-refractivity contribution < 1.29 is 9.53 Å². The summed E-state index contributed by atoms with van der Waals surface area (Å²) in [4.78, 5) is 15.2. The Labute approximate surface area is 147 Å². The quantitative estimate of drug-likeness (QED) is 0.541. The fourth-order valence-corrected chi connectivity index (χ4v) is 4.78. The average molecular weight is 334 g/mol. The van der Waals surface area contributed by atoms with Crippen LogP contribution in [-0.4, -0.2) is 36.6 Å². The van der Waals surface area contributed by atoms with Crippen LogP contribution >= 0.6 is 0 Å². The minimum atomic E-state index is -0.209. The molecule has 0 spiro atoms. The third-order valence-electron chi connectivity index (χ3n) is 6.44. The summed E-state index contributed by atoms with van der Waals surface area (Å²) in [6.07, 6.45) is 18.6. The highest BCUT2D eigenvalue weighted by molar-refractivity contribution is 5.81. The van der Waals surface area contributed by atoms with Crippen LogP contribution in [0.2, 0.25) is 0 Å². The molecule has 2 aliphatic heterocycles. The van der Waals surface area contributed by atoms with E-state index >= 15 is 0 Å². The number of hydrogen-bond acceptors (Lipinski definition) is 3. The lowest BCUT2D eigenvalue weighted by atomic mass is 9.97. The lowest BCUT2D eigenvalue weighted by Crippen LogP contribution is -2.34. The van der Waals surface area contributed by atoms with E-state index in [0.717, 1.165) is 25.4 Å². The molecular formula is C21H35NO2. The Morgan fingerprint density at radius 3 is 2.79 bits per heavy atom. The molecule has 2 heterocycles. The van der Waals surface area contributed by atoms with Gasteiger partial charge in [0.15, 0.2) is 0 Å². The Bertz CT molecular complexity index is 447. The van der Waals surface area contributed by atoms with Crippen molar-refractivity contribution in [2.75, 3.05) is 19.7 Å². The molecule has 24 heavy (non-hydrogen) atoms. The van der Waals surface area contributed by atoms with Crippen LogP contribution in [-0.2, 0) is 9.53 Å². The second-order valence-corrected chi connectivity index (χ2v) is 8.04. The van der Waals surface area contributed by atoms with Gasteiger partial charge in [-0.1, -0.05) is 37.8 Å². The van der Waals surface area contributed by atoms with E-state index in [1.54, 1.807) is 0 Å². The van der Waals surface area contributed by atoms with E-state index in [4.69, 9.17) is 4.74 Å². The third kappa shape index (κ3) is 4.22. The summed E-state index contributed by atoms with van der Waals surface area (Å²) in [6, 6.07) is 0.766. The van der Waals surface area contributed by atoms with Crippen molar-refractivity contribution in [2.45, 2.75) is 83.6 Å². The van der Waals surface area contributed by atoms with E-state index in [0.29, 0.717) is 12.5 Å². The van der Waals surface area contributed by atoms with E-state index in [9.17, 15) is 4.79 Å². The Kier molecular flexibility index (Phi) is 6.37. The molecule has 0 radical (unpaired) electrons. The van der Waals surface area contributed by atoms with Gasteiger partial charge in [-0.25, -0.2) is 0 Å². The van der Waals surface area contributed by atoms with Crippen molar-refractivity contribution in [1.29, 1.82) is 0 Å². The van der Waals surface area contributed by atoms with Gasteiger partial charge in [-0.15, -0.1) is 0 Å². The second kappa shape index (κ2) is 8.51. The molecule has 3 aliphatic rings. The molecule has 1 saturated heterocycles. The van der Waals surface area contributed by atoms with Crippen LogP contribution in [0.1, 0.15) is 77.6 Å². The first-order chi connectivity index (χ1) is 11.8. The predicted molar refractivity (Wildman–Crippen MR) is 97.8 cm³/mol. The normalized spacial score (nSPS) is 36.7. The number of ether oxygens (including phenoxy) is 1. The molecule has 1 aliphatic carbocycles. The minimum absolute atomic E-state index is 0.0553. The Morgan fingerprint density at radius 2 is 1.92 bits per heavy atom. The van der Waals surface area contributed by atoms with E-state index in [1.165, 1.54) is 64.3 Å². The van der Waals surface area contributed by atoms with Gasteiger partial charge in [0, 0.05) is 6.04 Å². The first-order valence-electron chi connectivity index (χ1n) is 10.3. The van der Waals surface area contributed by atoms with Crippen LogP contribution in [0.4, 0.5) is 0 Å². The first kappa shape index (κ1) is 18.0. The average Bonchev–Trinajstić information content (AvgIpc) is 3.11. The molecule has 1 saturated carbocycles. The van der Waals surface area contributed by atoms with Crippen molar-refractivity contribution >= 4 is 5.97 Å². The number of esters is 1. The van der Waals surface area contributed by atoms with Gasteiger partial charge in [-0.05, 0) is 70.9 Å². The molecular weight excluding hydrogens is 298 g/mol. The van der Waals surface area contributed by atoms with Crippen molar-refractivity contribution in [3.8, 4) is 0 Å². The number of carbonyl (C=O) groups excluding carboxylic acids is 1. The maximum absolute atomic E-state index is 12.6. The summed E-state index contributed by atoms with van der Waals surface area (Å²) in [5.74, 6) is 0.474. The summed E-state index contributed by atoms with van der Waals surface area (Å²) < 4.78 is 5.44. The minimum Gasteiger partial charge on any atom is -0.466 e. The Hall–Kier alpha value is -0.830. The number of hydrogen-bond donors (Lipinski definition) is 0. The zero-order chi connectivity index (χ0) is 16.8. The van der Waals surface area contributed by atoms with Gasteiger partial charge in [0.1, 0.15) is 0 Å². The first-order valence-corrected chi connectivity index (χ1v) is 10.3. The SMILES string of the molecule is CCOC(=O)C12CCN3CCCC3CCCCCCC/C=C\C1C2. The number of nitrogens with zero attached hydrogens (tertiary/aromatic N) is 1. The van der Waals surface area contributed by atoms with Crippen molar-refractivity contribution in [3.05, 3.63) is 12.2 Å². The van der Waals surface area contributed by atoms with Gasteiger partial charge in [0.2, 0.25) is 0 Å². The lowest BCUT2D eigenvalue weighted by Gasteiger charge is -2.26. The van der Waals surface area contributed by atoms with E-state index < -0.39 is 0 Å².